The lowest BCUT2D eigenvalue weighted by Gasteiger charge is -2.11. The topological polar surface area (TPSA) is 78.9 Å². The first kappa shape index (κ1) is 10.9. The molecule has 4 nitrogen and oxygen atoms in total. The molecule has 2 atom stereocenters. The molecule has 0 aromatic heterocycles. The maximum Gasteiger partial charge on any atom is 0.221 e. The first-order chi connectivity index (χ1) is 5.56. The van der Waals surface area contributed by atoms with E-state index < -0.39 is 0 Å². The zero-order chi connectivity index (χ0) is 9.56. The second kappa shape index (κ2) is 5.56. The zero-order valence-electron chi connectivity index (χ0n) is 7.50. The quantitative estimate of drug-likeness (QED) is 0.628. The van der Waals surface area contributed by atoms with Gasteiger partial charge in [-0.1, -0.05) is 0 Å². The number of carbonyl (C=O) groups is 1. The van der Waals surface area contributed by atoms with Crippen LogP contribution < -0.4 is 11.1 Å². The second-order valence-corrected chi connectivity index (χ2v) is 3.01. The summed E-state index contributed by atoms with van der Waals surface area (Å²) in [6.07, 6.45) is 0.653. The number of carbonyl (C=O) groups excluding carboxylic acids is 1. The Hall–Kier alpha value is -1.08. The molecule has 0 aliphatic heterocycles. The maximum atomic E-state index is 11.0. The van der Waals surface area contributed by atoms with Crippen molar-refractivity contribution >= 4 is 5.91 Å². The third kappa shape index (κ3) is 5.69. The molecule has 0 aliphatic rings. The standard InChI is InChI=1S/C8H15N3O/c1-6(10)5-8(12)11-7(2)3-4-9/h6-7H,3,5,10H2,1-2H3,(H,11,12). The Labute approximate surface area is 72.7 Å². The van der Waals surface area contributed by atoms with Crippen molar-refractivity contribution in [3.8, 4) is 6.07 Å². The van der Waals surface area contributed by atoms with E-state index in [2.05, 4.69) is 5.32 Å². The van der Waals surface area contributed by atoms with Crippen LogP contribution in [0.2, 0.25) is 0 Å². The summed E-state index contributed by atoms with van der Waals surface area (Å²) >= 11 is 0. The van der Waals surface area contributed by atoms with Crippen molar-refractivity contribution < 1.29 is 4.79 Å². The highest BCUT2D eigenvalue weighted by Gasteiger charge is 2.07. The Morgan fingerprint density at radius 2 is 2.25 bits per heavy atom. The van der Waals surface area contributed by atoms with E-state index in [0.717, 1.165) is 0 Å². The minimum atomic E-state index is -0.126. The van der Waals surface area contributed by atoms with Crippen LogP contribution in [0.5, 0.6) is 0 Å². The summed E-state index contributed by atoms with van der Waals surface area (Å²) in [6, 6.07) is 1.77. The van der Waals surface area contributed by atoms with Gasteiger partial charge in [0.2, 0.25) is 5.91 Å². The largest absolute Gasteiger partial charge is 0.353 e. The third-order valence-electron chi connectivity index (χ3n) is 1.31. The molecule has 12 heavy (non-hydrogen) atoms. The summed E-state index contributed by atoms with van der Waals surface area (Å²) < 4.78 is 0. The molecule has 0 bridgehead atoms. The summed E-state index contributed by atoms with van der Waals surface area (Å²) in [5.74, 6) is -0.0900. The van der Waals surface area contributed by atoms with Gasteiger partial charge in [0.05, 0.1) is 12.5 Å². The summed E-state index contributed by atoms with van der Waals surface area (Å²) in [4.78, 5) is 11.0. The fourth-order valence-electron chi connectivity index (χ4n) is 0.814. The van der Waals surface area contributed by atoms with E-state index >= 15 is 0 Å². The minimum Gasteiger partial charge on any atom is -0.353 e. The fourth-order valence-corrected chi connectivity index (χ4v) is 0.814. The molecule has 3 N–H and O–H groups in total. The molecule has 2 unspecified atom stereocenters. The average Bonchev–Trinajstić information content (AvgIpc) is 1.84. The molecule has 0 aliphatic carbocycles. The van der Waals surface area contributed by atoms with E-state index in [1.807, 2.05) is 6.07 Å². The molecule has 0 rings (SSSR count). The van der Waals surface area contributed by atoms with Crippen molar-refractivity contribution in [2.75, 3.05) is 0 Å². The third-order valence-corrected chi connectivity index (χ3v) is 1.31. The Kier molecular flexibility index (Phi) is 5.06. The van der Waals surface area contributed by atoms with Gasteiger partial charge < -0.3 is 11.1 Å². The van der Waals surface area contributed by atoms with Crippen LogP contribution in [0.15, 0.2) is 0 Å². The van der Waals surface area contributed by atoms with Crippen LogP contribution in [0.1, 0.15) is 26.7 Å². The Bertz CT molecular complexity index is 183. The van der Waals surface area contributed by atoms with Gasteiger partial charge in [0.1, 0.15) is 0 Å². The lowest BCUT2D eigenvalue weighted by molar-refractivity contribution is -0.121. The number of hydrogen-bond donors (Lipinski definition) is 2. The van der Waals surface area contributed by atoms with E-state index in [1.54, 1.807) is 13.8 Å². The summed E-state index contributed by atoms with van der Waals surface area (Å²) in [7, 11) is 0. The van der Waals surface area contributed by atoms with Crippen molar-refractivity contribution in [1.29, 1.82) is 5.26 Å². The van der Waals surface area contributed by atoms with Crippen molar-refractivity contribution in [3.63, 3.8) is 0 Å². The van der Waals surface area contributed by atoms with Gasteiger partial charge in [0.25, 0.3) is 0 Å². The maximum absolute atomic E-state index is 11.0. The highest BCUT2D eigenvalue weighted by atomic mass is 16.1. The van der Waals surface area contributed by atoms with Crippen LogP contribution in [0.25, 0.3) is 0 Å². The number of amides is 1. The number of rotatable bonds is 4. The normalized spacial score (nSPS) is 14.5. The molecule has 0 spiro atoms. The molecule has 0 fully saturated rings. The van der Waals surface area contributed by atoms with Gasteiger partial charge in [-0.25, -0.2) is 0 Å². The fraction of sp³-hybridized carbons (Fsp3) is 0.750. The van der Waals surface area contributed by atoms with E-state index in [0.29, 0.717) is 12.8 Å². The zero-order valence-corrected chi connectivity index (χ0v) is 7.50. The predicted octanol–water partition coefficient (Wildman–Crippen LogP) is 0.142. The smallest absolute Gasteiger partial charge is 0.221 e. The molecule has 68 valence electrons. The average molecular weight is 169 g/mol. The Morgan fingerprint density at radius 3 is 2.67 bits per heavy atom. The van der Waals surface area contributed by atoms with E-state index in [4.69, 9.17) is 11.0 Å². The number of nitrogens with two attached hydrogens (primary N) is 1. The number of nitrogens with one attached hydrogen (secondary N) is 1. The molecular weight excluding hydrogens is 154 g/mol. The van der Waals surface area contributed by atoms with Gasteiger partial charge in [-0.3, -0.25) is 4.79 Å². The van der Waals surface area contributed by atoms with Crippen LogP contribution in [0.3, 0.4) is 0 Å². The van der Waals surface area contributed by atoms with Crippen molar-refractivity contribution in [1.82, 2.24) is 5.32 Å². The Morgan fingerprint density at radius 1 is 1.67 bits per heavy atom. The van der Waals surface area contributed by atoms with E-state index in [1.165, 1.54) is 0 Å². The molecular formula is C8H15N3O. The predicted molar refractivity (Wildman–Crippen MR) is 46.1 cm³/mol. The second-order valence-electron chi connectivity index (χ2n) is 3.01. The summed E-state index contributed by atoms with van der Waals surface area (Å²) in [5, 5.41) is 11.0. The van der Waals surface area contributed by atoms with Crippen LogP contribution in [0.4, 0.5) is 0 Å². The van der Waals surface area contributed by atoms with Gasteiger partial charge in [0.15, 0.2) is 0 Å². The molecule has 1 amide bonds. The highest BCUT2D eigenvalue weighted by molar-refractivity contribution is 5.76. The van der Waals surface area contributed by atoms with Gasteiger partial charge in [0, 0.05) is 18.5 Å². The van der Waals surface area contributed by atoms with E-state index in [-0.39, 0.29) is 18.0 Å². The van der Waals surface area contributed by atoms with Crippen molar-refractivity contribution in [2.24, 2.45) is 5.73 Å². The van der Waals surface area contributed by atoms with E-state index in [9.17, 15) is 4.79 Å². The molecule has 0 aromatic rings. The number of nitriles is 1. The van der Waals surface area contributed by atoms with Crippen LogP contribution >= 0.6 is 0 Å². The van der Waals surface area contributed by atoms with Gasteiger partial charge >= 0.3 is 0 Å². The molecule has 0 saturated heterocycles. The monoisotopic (exact) mass is 169 g/mol. The van der Waals surface area contributed by atoms with Gasteiger partial charge in [-0.05, 0) is 13.8 Å². The molecule has 0 heterocycles. The van der Waals surface area contributed by atoms with Crippen molar-refractivity contribution in [2.45, 2.75) is 38.8 Å². The lowest BCUT2D eigenvalue weighted by Crippen LogP contribution is -2.35. The highest BCUT2D eigenvalue weighted by Crippen LogP contribution is 1.91. The molecule has 0 aromatic carbocycles. The van der Waals surface area contributed by atoms with Gasteiger partial charge in [-0.15, -0.1) is 0 Å². The summed E-state index contributed by atoms with van der Waals surface area (Å²) in [6.45, 7) is 3.57. The first-order valence-corrected chi connectivity index (χ1v) is 3.98. The van der Waals surface area contributed by atoms with Crippen LogP contribution in [0, 0.1) is 11.3 Å². The molecule has 0 radical (unpaired) electrons. The van der Waals surface area contributed by atoms with Crippen molar-refractivity contribution in [3.05, 3.63) is 0 Å². The first-order valence-electron chi connectivity index (χ1n) is 3.98. The molecule has 4 heteroatoms. The summed E-state index contributed by atoms with van der Waals surface area (Å²) in [5.41, 5.74) is 5.42. The Balaban J connectivity index is 3.63. The van der Waals surface area contributed by atoms with Crippen LogP contribution in [-0.4, -0.2) is 18.0 Å². The SMILES string of the molecule is CC(N)CC(=O)NC(C)CC#N. The molecule has 0 saturated carbocycles. The minimum absolute atomic E-state index is 0.0822. The lowest BCUT2D eigenvalue weighted by atomic mass is 10.2. The van der Waals surface area contributed by atoms with Gasteiger partial charge in [-0.2, -0.15) is 5.26 Å². The van der Waals surface area contributed by atoms with Crippen LogP contribution in [-0.2, 0) is 4.79 Å². The number of nitrogens with zero attached hydrogens (tertiary/aromatic N) is 1. The number of hydrogen-bond acceptors (Lipinski definition) is 3.